The molecule has 1 aromatic carbocycles. The van der Waals surface area contributed by atoms with Crippen LogP contribution < -0.4 is 9.04 Å². The summed E-state index contributed by atoms with van der Waals surface area (Å²) in [5, 5.41) is 8.66. The molecular formula is C31H42N6O6S. The number of benzene rings is 1. The molecule has 4 aromatic rings. The van der Waals surface area contributed by atoms with Gasteiger partial charge in [0.15, 0.2) is 5.82 Å². The molecule has 0 aliphatic carbocycles. The van der Waals surface area contributed by atoms with Crippen molar-refractivity contribution in [1.82, 2.24) is 24.9 Å². The quantitative estimate of drug-likeness (QED) is 0.139. The Labute approximate surface area is 259 Å². The molecule has 0 unspecified atom stereocenters. The second-order valence-electron chi connectivity index (χ2n) is 10.4. The van der Waals surface area contributed by atoms with E-state index in [9.17, 15) is 8.42 Å². The third-order valence-corrected chi connectivity index (χ3v) is 8.77. The Kier molecular flexibility index (Phi) is 11.5. The van der Waals surface area contributed by atoms with Crippen molar-refractivity contribution < 1.29 is 27.2 Å². The lowest BCUT2D eigenvalue weighted by molar-refractivity contribution is 0.134. The van der Waals surface area contributed by atoms with Gasteiger partial charge in [0.25, 0.3) is 10.0 Å². The van der Waals surface area contributed by atoms with Crippen LogP contribution in [0.1, 0.15) is 68.2 Å². The Morgan fingerprint density at radius 1 is 1.09 bits per heavy atom. The van der Waals surface area contributed by atoms with E-state index < -0.39 is 10.0 Å². The molecule has 0 aliphatic heterocycles. The summed E-state index contributed by atoms with van der Waals surface area (Å²) < 4.78 is 53.6. The maximum Gasteiger partial charge on any atom is 0.315 e. The van der Waals surface area contributed by atoms with Gasteiger partial charge >= 0.3 is 6.01 Å². The van der Waals surface area contributed by atoms with Crippen LogP contribution in [0, 0.1) is 13.8 Å². The van der Waals surface area contributed by atoms with Crippen molar-refractivity contribution in [3.05, 3.63) is 64.7 Å². The van der Waals surface area contributed by atoms with Crippen molar-refractivity contribution in [3.8, 4) is 17.3 Å². The maximum atomic E-state index is 14.2. The molecule has 4 rings (SSSR count). The summed E-state index contributed by atoms with van der Waals surface area (Å²) in [5.41, 5.74) is 3.83. The van der Waals surface area contributed by atoms with E-state index in [1.165, 1.54) is 13.2 Å². The highest BCUT2D eigenvalue weighted by atomic mass is 32.2. The maximum absolute atomic E-state index is 14.2. The van der Waals surface area contributed by atoms with Crippen LogP contribution in [0.25, 0.3) is 11.3 Å². The van der Waals surface area contributed by atoms with Crippen molar-refractivity contribution in [1.29, 1.82) is 0 Å². The van der Waals surface area contributed by atoms with Crippen LogP contribution in [0.5, 0.6) is 6.01 Å². The number of hydrogen-bond acceptors (Lipinski definition) is 10. The van der Waals surface area contributed by atoms with Gasteiger partial charge in [0.1, 0.15) is 11.6 Å². The van der Waals surface area contributed by atoms with Crippen LogP contribution >= 0.6 is 0 Å². The SMILES string of the molecule is CCCCc1nc(OCCC)n(Cc2ccc(-c3ncccc3S(=O)(=O)N(COC)c3onc(C)c3C)c(COCC)c2)n1. The van der Waals surface area contributed by atoms with Crippen molar-refractivity contribution in [2.45, 2.75) is 78.3 Å². The number of aryl methyl sites for hydroxylation is 2. The van der Waals surface area contributed by atoms with Crippen LogP contribution in [0.2, 0.25) is 0 Å². The Bertz CT molecular complexity index is 1630. The van der Waals surface area contributed by atoms with E-state index >= 15 is 0 Å². The van der Waals surface area contributed by atoms with E-state index in [4.69, 9.17) is 23.8 Å². The Morgan fingerprint density at radius 3 is 2.59 bits per heavy atom. The molecular weight excluding hydrogens is 584 g/mol. The highest BCUT2D eigenvalue weighted by Crippen LogP contribution is 2.34. The molecule has 3 aromatic heterocycles. The summed E-state index contributed by atoms with van der Waals surface area (Å²) in [7, 11) is -2.77. The zero-order valence-electron chi connectivity index (χ0n) is 26.4. The normalized spacial score (nSPS) is 11.7. The van der Waals surface area contributed by atoms with Crippen LogP contribution in [-0.2, 0) is 39.1 Å². The van der Waals surface area contributed by atoms with E-state index in [1.54, 1.807) is 30.8 Å². The Balaban J connectivity index is 1.76. The minimum atomic E-state index is -4.19. The molecule has 12 nitrogen and oxygen atoms in total. The lowest BCUT2D eigenvalue weighted by Crippen LogP contribution is -2.33. The number of sulfonamides is 1. The molecule has 0 saturated carbocycles. The third-order valence-electron chi connectivity index (χ3n) is 7.03. The minimum absolute atomic E-state index is 0.00287. The summed E-state index contributed by atoms with van der Waals surface area (Å²) in [4.78, 5) is 9.17. The number of anilines is 1. The molecule has 0 aliphatic rings. The molecule has 0 radical (unpaired) electrons. The molecule has 0 fully saturated rings. The van der Waals surface area contributed by atoms with Crippen LogP contribution in [0.4, 0.5) is 5.88 Å². The first-order valence-corrected chi connectivity index (χ1v) is 16.3. The van der Waals surface area contributed by atoms with Crippen LogP contribution in [0.3, 0.4) is 0 Å². The predicted molar refractivity (Wildman–Crippen MR) is 166 cm³/mol. The zero-order valence-corrected chi connectivity index (χ0v) is 27.2. The first-order valence-electron chi connectivity index (χ1n) is 14.9. The van der Waals surface area contributed by atoms with Gasteiger partial charge in [0.05, 0.1) is 31.1 Å². The smallest absolute Gasteiger partial charge is 0.315 e. The molecule has 3 heterocycles. The van der Waals surface area contributed by atoms with E-state index in [-0.39, 0.29) is 24.1 Å². The number of hydrogen-bond donors (Lipinski definition) is 0. The number of pyridine rings is 1. The lowest BCUT2D eigenvalue weighted by atomic mass is 10.0. The van der Waals surface area contributed by atoms with Gasteiger partial charge in [0, 0.05) is 37.5 Å². The molecule has 0 bridgehead atoms. The van der Waals surface area contributed by atoms with Crippen molar-refractivity contribution in [3.63, 3.8) is 0 Å². The summed E-state index contributed by atoms with van der Waals surface area (Å²) in [6, 6.07) is 9.41. The van der Waals surface area contributed by atoms with E-state index in [0.29, 0.717) is 48.3 Å². The van der Waals surface area contributed by atoms with Crippen molar-refractivity contribution in [2.75, 3.05) is 31.4 Å². The fraction of sp³-hybridized carbons (Fsp3) is 0.484. The van der Waals surface area contributed by atoms with E-state index in [1.807, 2.05) is 32.0 Å². The number of unbranched alkanes of at least 4 members (excludes halogenated alkanes) is 1. The standard InChI is InChI=1S/C31H42N6O6S/c1-7-10-13-28-33-31(42-17-8-2)36(34-28)19-24-14-15-26(25(18-24)20-41-9-3)29-27(12-11-16-32-29)44(38,39)37(21-40-6)30-22(4)23(5)35-43-30/h11-12,14-16,18H,7-10,13,17,19-21H2,1-6H3. The van der Waals surface area contributed by atoms with Crippen LogP contribution in [0.15, 0.2) is 45.9 Å². The molecule has 238 valence electrons. The average molecular weight is 627 g/mol. The summed E-state index contributed by atoms with van der Waals surface area (Å²) in [6.45, 7) is 11.1. The number of methoxy groups -OCH3 is 1. The van der Waals surface area contributed by atoms with Crippen molar-refractivity contribution >= 4 is 15.9 Å². The summed E-state index contributed by atoms with van der Waals surface area (Å²) in [6.07, 6.45) is 5.26. The van der Waals surface area contributed by atoms with Gasteiger partial charge in [-0.15, -0.1) is 0 Å². The molecule has 0 saturated heterocycles. The third kappa shape index (κ3) is 7.45. The van der Waals surface area contributed by atoms with Gasteiger partial charge < -0.3 is 18.7 Å². The summed E-state index contributed by atoms with van der Waals surface area (Å²) >= 11 is 0. The minimum Gasteiger partial charge on any atom is -0.464 e. The first kappa shape index (κ1) is 33.1. The van der Waals surface area contributed by atoms with Gasteiger partial charge in [-0.05, 0) is 56.9 Å². The second-order valence-corrected chi connectivity index (χ2v) is 12.2. The van der Waals surface area contributed by atoms with Crippen LogP contribution in [-0.4, -0.2) is 60.4 Å². The fourth-order valence-corrected chi connectivity index (χ4v) is 6.14. The topological polar surface area (TPSA) is 135 Å². The lowest BCUT2D eigenvalue weighted by Gasteiger charge is -2.22. The van der Waals surface area contributed by atoms with Gasteiger partial charge in [-0.1, -0.05) is 43.6 Å². The number of rotatable bonds is 17. The average Bonchev–Trinajstić information content (AvgIpc) is 3.57. The molecule has 0 amide bonds. The Hall–Kier alpha value is -3.81. The molecule has 0 N–H and O–H groups in total. The highest BCUT2D eigenvalue weighted by molar-refractivity contribution is 7.93. The first-order chi connectivity index (χ1) is 21.2. The Morgan fingerprint density at radius 2 is 1.91 bits per heavy atom. The van der Waals surface area contributed by atoms with Gasteiger partial charge in [-0.2, -0.15) is 10.1 Å². The molecule has 0 spiro atoms. The fourth-order valence-electron chi connectivity index (χ4n) is 4.61. The van der Waals surface area contributed by atoms with Gasteiger partial charge in [0.2, 0.25) is 5.88 Å². The second kappa shape index (κ2) is 15.3. The number of ether oxygens (including phenoxy) is 3. The number of nitrogens with zero attached hydrogens (tertiary/aromatic N) is 6. The van der Waals surface area contributed by atoms with Crippen molar-refractivity contribution in [2.24, 2.45) is 0 Å². The van der Waals surface area contributed by atoms with Gasteiger partial charge in [-0.25, -0.2) is 17.4 Å². The highest BCUT2D eigenvalue weighted by Gasteiger charge is 2.33. The monoisotopic (exact) mass is 626 g/mol. The molecule has 0 atom stereocenters. The predicted octanol–water partition coefficient (Wildman–Crippen LogP) is 5.46. The van der Waals surface area contributed by atoms with E-state index in [2.05, 4.69) is 22.0 Å². The largest absolute Gasteiger partial charge is 0.464 e. The summed E-state index contributed by atoms with van der Waals surface area (Å²) in [5.74, 6) is 0.849. The van der Waals surface area contributed by atoms with E-state index in [0.717, 1.165) is 46.9 Å². The zero-order chi connectivity index (χ0) is 31.7. The molecule has 44 heavy (non-hydrogen) atoms. The molecule has 13 heteroatoms. The number of aromatic nitrogens is 5. The van der Waals surface area contributed by atoms with Gasteiger partial charge in [-0.3, -0.25) is 4.98 Å².